The molecule has 1 heterocycles. The van der Waals surface area contributed by atoms with Gasteiger partial charge in [0.25, 0.3) is 0 Å². The summed E-state index contributed by atoms with van der Waals surface area (Å²) in [6, 6.07) is 1.76. The average molecular weight is 397 g/mol. The molecule has 0 aliphatic carbocycles. The Hall–Kier alpha value is 0.0500. The molecule has 4 nitrogen and oxygen atoms in total. The van der Waals surface area contributed by atoms with Crippen molar-refractivity contribution in [1.29, 1.82) is 0 Å². The van der Waals surface area contributed by atoms with Crippen LogP contribution >= 0.6 is 27.3 Å². The molecule has 0 saturated heterocycles. The van der Waals surface area contributed by atoms with Gasteiger partial charge in [0.05, 0.1) is 3.79 Å². The number of nitrogens with one attached hydrogen (secondary N) is 2. The molecule has 0 bridgehead atoms. The highest BCUT2D eigenvalue weighted by Gasteiger charge is 2.29. The SMILES string of the molecule is CCCNCc1cc(S(=O)(=O)NC(C)(CC)CC)c(Br)s1. The molecule has 0 aliphatic heterocycles. The van der Waals surface area contributed by atoms with Crippen molar-refractivity contribution >= 4 is 37.3 Å². The summed E-state index contributed by atoms with van der Waals surface area (Å²) in [5, 5.41) is 3.29. The van der Waals surface area contributed by atoms with Crippen LogP contribution in [-0.4, -0.2) is 20.5 Å². The van der Waals surface area contributed by atoms with Crippen LogP contribution in [0.2, 0.25) is 0 Å². The lowest BCUT2D eigenvalue weighted by Crippen LogP contribution is -2.44. The van der Waals surface area contributed by atoms with E-state index in [2.05, 4.69) is 32.9 Å². The number of hydrogen-bond donors (Lipinski definition) is 2. The van der Waals surface area contributed by atoms with Gasteiger partial charge >= 0.3 is 0 Å². The summed E-state index contributed by atoms with van der Waals surface area (Å²) in [4.78, 5) is 1.36. The molecule has 0 fully saturated rings. The fraction of sp³-hybridized carbons (Fsp3) is 0.714. The zero-order valence-electron chi connectivity index (χ0n) is 13.1. The lowest BCUT2D eigenvalue weighted by Gasteiger charge is -2.27. The molecule has 0 aliphatic rings. The van der Waals surface area contributed by atoms with Crippen LogP contribution in [0.1, 0.15) is 51.8 Å². The molecule has 7 heteroatoms. The minimum atomic E-state index is -3.50. The van der Waals surface area contributed by atoms with Crippen molar-refractivity contribution in [2.24, 2.45) is 0 Å². The van der Waals surface area contributed by atoms with E-state index in [0.29, 0.717) is 15.2 Å². The molecule has 0 amide bonds. The Kier molecular flexibility index (Phi) is 7.33. The molecule has 0 radical (unpaired) electrons. The highest BCUT2D eigenvalue weighted by Crippen LogP contribution is 2.32. The second kappa shape index (κ2) is 8.06. The predicted molar refractivity (Wildman–Crippen MR) is 93.3 cm³/mol. The Morgan fingerprint density at radius 3 is 2.43 bits per heavy atom. The van der Waals surface area contributed by atoms with Crippen LogP contribution in [0.25, 0.3) is 0 Å². The third kappa shape index (κ3) is 5.32. The van der Waals surface area contributed by atoms with Gasteiger partial charge in [0.15, 0.2) is 0 Å². The van der Waals surface area contributed by atoms with Crippen LogP contribution < -0.4 is 10.0 Å². The van der Waals surface area contributed by atoms with E-state index in [9.17, 15) is 8.42 Å². The Bertz CT molecular complexity index is 551. The van der Waals surface area contributed by atoms with Crippen molar-refractivity contribution in [2.45, 2.75) is 63.9 Å². The maximum atomic E-state index is 12.6. The van der Waals surface area contributed by atoms with Crippen LogP contribution in [0.3, 0.4) is 0 Å². The molecular formula is C14H25BrN2O2S2. The zero-order chi connectivity index (χ0) is 16.1. The fourth-order valence-corrected chi connectivity index (χ4v) is 6.03. The van der Waals surface area contributed by atoms with E-state index < -0.39 is 15.6 Å². The van der Waals surface area contributed by atoms with E-state index in [1.165, 1.54) is 11.3 Å². The standard InChI is InChI=1S/C14H25BrN2O2S2/c1-5-8-16-10-11-9-12(13(15)20-11)21(18,19)17-14(4,6-2)7-3/h9,16-17H,5-8,10H2,1-4H3. The highest BCUT2D eigenvalue weighted by atomic mass is 79.9. The van der Waals surface area contributed by atoms with E-state index in [-0.39, 0.29) is 0 Å². The number of rotatable bonds is 9. The lowest BCUT2D eigenvalue weighted by atomic mass is 9.98. The maximum Gasteiger partial charge on any atom is 0.243 e. The van der Waals surface area contributed by atoms with E-state index in [1.807, 2.05) is 20.8 Å². The van der Waals surface area contributed by atoms with Gasteiger partial charge in [0, 0.05) is 17.0 Å². The van der Waals surface area contributed by atoms with Gasteiger partial charge in [-0.05, 0) is 54.7 Å². The van der Waals surface area contributed by atoms with Gasteiger partial charge in [0.1, 0.15) is 4.90 Å². The monoisotopic (exact) mass is 396 g/mol. The second-order valence-corrected chi connectivity index (χ2v) is 9.51. The van der Waals surface area contributed by atoms with Crippen LogP contribution in [-0.2, 0) is 16.6 Å². The molecule has 0 atom stereocenters. The first-order valence-electron chi connectivity index (χ1n) is 7.31. The molecule has 0 aromatic carbocycles. The van der Waals surface area contributed by atoms with Gasteiger partial charge in [-0.15, -0.1) is 11.3 Å². The van der Waals surface area contributed by atoms with Crippen LogP contribution in [0.4, 0.5) is 0 Å². The number of sulfonamides is 1. The van der Waals surface area contributed by atoms with Crippen molar-refractivity contribution in [3.8, 4) is 0 Å². The Labute approximate surface area is 140 Å². The molecule has 122 valence electrons. The average Bonchev–Trinajstić information content (AvgIpc) is 2.80. The Balaban J connectivity index is 2.93. The first-order valence-corrected chi connectivity index (χ1v) is 10.4. The van der Waals surface area contributed by atoms with Gasteiger partial charge in [0.2, 0.25) is 10.0 Å². The van der Waals surface area contributed by atoms with Crippen molar-refractivity contribution in [3.05, 3.63) is 14.7 Å². The van der Waals surface area contributed by atoms with E-state index in [1.54, 1.807) is 6.07 Å². The van der Waals surface area contributed by atoms with Crippen LogP contribution in [0, 0.1) is 0 Å². The Morgan fingerprint density at radius 1 is 1.29 bits per heavy atom. The van der Waals surface area contributed by atoms with Gasteiger partial charge in [-0.2, -0.15) is 0 Å². The van der Waals surface area contributed by atoms with Gasteiger partial charge in [-0.1, -0.05) is 20.8 Å². The molecule has 0 spiro atoms. The van der Waals surface area contributed by atoms with Crippen molar-refractivity contribution in [2.75, 3.05) is 6.54 Å². The molecule has 21 heavy (non-hydrogen) atoms. The summed E-state index contributed by atoms with van der Waals surface area (Å²) < 4.78 is 28.6. The topological polar surface area (TPSA) is 58.2 Å². The minimum absolute atomic E-state index is 0.342. The van der Waals surface area contributed by atoms with E-state index >= 15 is 0 Å². The van der Waals surface area contributed by atoms with Gasteiger partial charge in [-0.25, -0.2) is 13.1 Å². The predicted octanol–water partition coefficient (Wildman–Crippen LogP) is 3.87. The lowest BCUT2D eigenvalue weighted by molar-refractivity contribution is 0.388. The number of hydrogen-bond acceptors (Lipinski definition) is 4. The molecule has 1 aromatic rings. The van der Waals surface area contributed by atoms with Gasteiger partial charge in [-0.3, -0.25) is 0 Å². The van der Waals surface area contributed by atoms with Crippen molar-refractivity contribution < 1.29 is 8.42 Å². The largest absolute Gasteiger partial charge is 0.312 e. The first kappa shape index (κ1) is 19.1. The fourth-order valence-electron chi connectivity index (χ4n) is 1.83. The summed E-state index contributed by atoms with van der Waals surface area (Å²) >= 11 is 4.85. The summed E-state index contributed by atoms with van der Waals surface area (Å²) in [5.41, 5.74) is -0.402. The van der Waals surface area contributed by atoms with E-state index in [4.69, 9.17) is 0 Å². The molecule has 0 saturated carbocycles. The first-order chi connectivity index (χ1) is 9.78. The number of thiophene rings is 1. The summed E-state index contributed by atoms with van der Waals surface area (Å²) in [7, 11) is -3.50. The van der Waals surface area contributed by atoms with Crippen molar-refractivity contribution in [1.82, 2.24) is 10.0 Å². The third-order valence-electron chi connectivity index (χ3n) is 3.66. The molecule has 1 rings (SSSR count). The summed E-state index contributed by atoms with van der Waals surface area (Å²) in [6.45, 7) is 9.66. The van der Waals surface area contributed by atoms with Crippen LogP contribution in [0.5, 0.6) is 0 Å². The third-order valence-corrected chi connectivity index (χ3v) is 7.55. The summed E-state index contributed by atoms with van der Waals surface area (Å²) in [6.07, 6.45) is 2.58. The molecule has 2 N–H and O–H groups in total. The van der Waals surface area contributed by atoms with Crippen LogP contribution in [0.15, 0.2) is 14.7 Å². The highest BCUT2D eigenvalue weighted by molar-refractivity contribution is 9.11. The normalized spacial score (nSPS) is 12.8. The quantitative estimate of drug-likeness (QED) is 0.622. The van der Waals surface area contributed by atoms with E-state index in [0.717, 1.165) is 30.7 Å². The molecule has 0 unspecified atom stereocenters. The Morgan fingerprint density at radius 2 is 1.90 bits per heavy atom. The zero-order valence-corrected chi connectivity index (χ0v) is 16.3. The smallest absolute Gasteiger partial charge is 0.243 e. The second-order valence-electron chi connectivity index (χ2n) is 5.40. The van der Waals surface area contributed by atoms with Gasteiger partial charge < -0.3 is 5.32 Å². The molecular weight excluding hydrogens is 372 g/mol. The van der Waals surface area contributed by atoms with Crippen molar-refractivity contribution in [3.63, 3.8) is 0 Å². The summed E-state index contributed by atoms with van der Waals surface area (Å²) in [5.74, 6) is 0. The molecule has 1 aromatic heterocycles. The maximum absolute atomic E-state index is 12.6. The number of halogens is 1. The minimum Gasteiger partial charge on any atom is -0.312 e.